The molecule has 1 unspecified atom stereocenters. The van der Waals surface area contributed by atoms with Crippen LogP contribution in [-0.2, 0) is 17.8 Å². The first-order valence-electron chi connectivity index (χ1n) is 5.67. The zero-order valence-electron chi connectivity index (χ0n) is 9.99. The molecular formula is C12H22N2O. The van der Waals surface area contributed by atoms with Crippen LogP contribution in [0.5, 0.6) is 0 Å². The van der Waals surface area contributed by atoms with Gasteiger partial charge in [-0.05, 0) is 25.0 Å². The maximum absolute atomic E-state index is 5.14. The number of ether oxygens (including phenoxy) is 1. The molecule has 1 rings (SSSR count). The van der Waals surface area contributed by atoms with Crippen molar-refractivity contribution in [1.29, 1.82) is 0 Å². The van der Waals surface area contributed by atoms with Gasteiger partial charge >= 0.3 is 0 Å². The molecule has 0 aliphatic rings. The first-order chi connectivity index (χ1) is 7.30. The average Bonchev–Trinajstić information content (AvgIpc) is 2.72. The second kappa shape index (κ2) is 6.64. The van der Waals surface area contributed by atoms with Crippen LogP contribution in [0.2, 0.25) is 0 Å². The van der Waals surface area contributed by atoms with Crippen molar-refractivity contribution in [3.8, 4) is 0 Å². The summed E-state index contributed by atoms with van der Waals surface area (Å²) in [5, 5.41) is 3.49. The van der Waals surface area contributed by atoms with Gasteiger partial charge in [-0.15, -0.1) is 0 Å². The molecule has 0 aliphatic carbocycles. The molecule has 0 aliphatic heterocycles. The second-order valence-corrected chi connectivity index (χ2v) is 3.79. The first kappa shape index (κ1) is 12.3. The normalized spacial score (nSPS) is 13.0. The molecular weight excluding hydrogens is 188 g/mol. The number of aryl methyl sites for hydroxylation is 1. The molecule has 15 heavy (non-hydrogen) atoms. The number of methoxy groups -OCH3 is 1. The Hall–Kier alpha value is -0.800. The summed E-state index contributed by atoms with van der Waals surface area (Å²) in [5.74, 6) is 0. The van der Waals surface area contributed by atoms with E-state index in [1.807, 2.05) is 0 Å². The van der Waals surface area contributed by atoms with E-state index in [-0.39, 0.29) is 0 Å². The fourth-order valence-corrected chi connectivity index (χ4v) is 1.58. The third kappa shape index (κ3) is 4.06. The molecule has 3 nitrogen and oxygen atoms in total. The van der Waals surface area contributed by atoms with Gasteiger partial charge in [-0.2, -0.15) is 0 Å². The minimum absolute atomic E-state index is 0.458. The Balaban J connectivity index is 2.34. The van der Waals surface area contributed by atoms with Crippen LogP contribution in [0.25, 0.3) is 0 Å². The summed E-state index contributed by atoms with van der Waals surface area (Å²) in [6.07, 6.45) is 5.41. The molecule has 1 aromatic heterocycles. The molecule has 0 saturated carbocycles. The first-order valence-corrected chi connectivity index (χ1v) is 5.67. The zero-order chi connectivity index (χ0) is 11.1. The van der Waals surface area contributed by atoms with E-state index < -0.39 is 0 Å². The molecule has 0 bridgehead atoms. The lowest BCUT2D eigenvalue weighted by Crippen LogP contribution is -2.31. The Bertz CT molecular complexity index is 270. The van der Waals surface area contributed by atoms with Crippen LogP contribution in [0.3, 0.4) is 0 Å². The molecule has 0 amide bonds. The highest BCUT2D eigenvalue weighted by Gasteiger charge is 2.04. The summed E-state index contributed by atoms with van der Waals surface area (Å²) < 4.78 is 7.33. The third-order valence-electron chi connectivity index (χ3n) is 2.63. The zero-order valence-corrected chi connectivity index (χ0v) is 9.99. The summed E-state index contributed by atoms with van der Waals surface area (Å²) in [4.78, 5) is 0. The summed E-state index contributed by atoms with van der Waals surface area (Å²) in [5.41, 5.74) is 1.34. The van der Waals surface area contributed by atoms with Crippen molar-refractivity contribution in [2.45, 2.75) is 39.4 Å². The van der Waals surface area contributed by atoms with Gasteiger partial charge in [-0.3, -0.25) is 0 Å². The largest absolute Gasteiger partial charge is 0.383 e. The van der Waals surface area contributed by atoms with Gasteiger partial charge in [0.25, 0.3) is 0 Å². The Kier molecular flexibility index (Phi) is 5.43. The summed E-state index contributed by atoms with van der Waals surface area (Å²) in [6.45, 7) is 7.07. The lowest BCUT2D eigenvalue weighted by atomic mass is 10.2. The molecule has 1 heterocycles. The number of nitrogens with zero attached hydrogens (tertiary/aromatic N) is 1. The minimum atomic E-state index is 0.458. The van der Waals surface area contributed by atoms with Crippen molar-refractivity contribution in [2.75, 3.05) is 13.7 Å². The van der Waals surface area contributed by atoms with Gasteiger partial charge in [0.2, 0.25) is 0 Å². The van der Waals surface area contributed by atoms with Gasteiger partial charge < -0.3 is 14.6 Å². The van der Waals surface area contributed by atoms with Crippen LogP contribution < -0.4 is 5.32 Å². The van der Waals surface area contributed by atoms with E-state index in [1.165, 1.54) is 5.56 Å². The maximum atomic E-state index is 5.14. The predicted molar refractivity (Wildman–Crippen MR) is 62.9 cm³/mol. The highest BCUT2D eigenvalue weighted by molar-refractivity contribution is 5.09. The van der Waals surface area contributed by atoms with Gasteiger partial charge in [-0.25, -0.2) is 0 Å². The molecule has 1 aromatic rings. The van der Waals surface area contributed by atoms with Crippen LogP contribution in [0.4, 0.5) is 0 Å². The number of aromatic nitrogens is 1. The third-order valence-corrected chi connectivity index (χ3v) is 2.63. The Morgan fingerprint density at radius 3 is 2.80 bits per heavy atom. The minimum Gasteiger partial charge on any atom is -0.383 e. The summed E-state index contributed by atoms with van der Waals surface area (Å²) >= 11 is 0. The van der Waals surface area contributed by atoms with Crippen molar-refractivity contribution >= 4 is 0 Å². The SMILES string of the molecule is CCC(COC)NCc1ccn(CC)c1. The molecule has 0 aromatic carbocycles. The van der Waals surface area contributed by atoms with Crippen molar-refractivity contribution in [3.63, 3.8) is 0 Å². The molecule has 0 radical (unpaired) electrons. The molecule has 1 atom stereocenters. The predicted octanol–water partition coefficient (Wildman–Crippen LogP) is 2.02. The van der Waals surface area contributed by atoms with E-state index in [0.717, 1.165) is 26.1 Å². The van der Waals surface area contributed by atoms with Crippen LogP contribution in [0.1, 0.15) is 25.8 Å². The number of hydrogen-bond donors (Lipinski definition) is 1. The van der Waals surface area contributed by atoms with Gasteiger partial charge in [0.15, 0.2) is 0 Å². The molecule has 0 spiro atoms. The Labute approximate surface area is 92.4 Å². The van der Waals surface area contributed by atoms with Crippen molar-refractivity contribution in [1.82, 2.24) is 9.88 Å². The quantitative estimate of drug-likeness (QED) is 0.745. The van der Waals surface area contributed by atoms with E-state index in [1.54, 1.807) is 7.11 Å². The van der Waals surface area contributed by atoms with Crippen molar-refractivity contribution in [2.24, 2.45) is 0 Å². The highest BCUT2D eigenvalue weighted by Crippen LogP contribution is 2.02. The van der Waals surface area contributed by atoms with E-state index in [4.69, 9.17) is 4.74 Å². The molecule has 1 N–H and O–H groups in total. The molecule has 3 heteroatoms. The van der Waals surface area contributed by atoms with E-state index in [9.17, 15) is 0 Å². The topological polar surface area (TPSA) is 26.2 Å². The molecule has 0 fully saturated rings. The lowest BCUT2D eigenvalue weighted by Gasteiger charge is -2.15. The summed E-state index contributed by atoms with van der Waals surface area (Å²) in [6, 6.07) is 2.62. The van der Waals surface area contributed by atoms with Gasteiger partial charge in [0.05, 0.1) is 6.61 Å². The van der Waals surface area contributed by atoms with Crippen molar-refractivity contribution < 1.29 is 4.74 Å². The van der Waals surface area contributed by atoms with Crippen LogP contribution >= 0.6 is 0 Å². The standard InChI is InChI=1S/C12H22N2O/c1-4-12(10-15-3)13-8-11-6-7-14(5-2)9-11/h6-7,9,12-13H,4-5,8,10H2,1-3H3. The number of hydrogen-bond acceptors (Lipinski definition) is 2. The van der Waals surface area contributed by atoms with Gasteiger partial charge in [0, 0.05) is 38.6 Å². The van der Waals surface area contributed by atoms with Crippen LogP contribution in [0, 0.1) is 0 Å². The Morgan fingerprint density at radius 2 is 2.27 bits per heavy atom. The monoisotopic (exact) mass is 210 g/mol. The second-order valence-electron chi connectivity index (χ2n) is 3.79. The smallest absolute Gasteiger partial charge is 0.0615 e. The molecule has 0 saturated heterocycles. The summed E-state index contributed by atoms with van der Waals surface area (Å²) in [7, 11) is 1.75. The highest BCUT2D eigenvalue weighted by atomic mass is 16.5. The van der Waals surface area contributed by atoms with E-state index >= 15 is 0 Å². The number of rotatable bonds is 7. The lowest BCUT2D eigenvalue weighted by molar-refractivity contribution is 0.164. The van der Waals surface area contributed by atoms with Crippen LogP contribution in [0.15, 0.2) is 18.5 Å². The van der Waals surface area contributed by atoms with Crippen LogP contribution in [-0.4, -0.2) is 24.3 Å². The average molecular weight is 210 g/mol. The maximum Gasteiger partial charge on any atom is 0.0615 e. The van der Waals surface area contributed by atoms with E-state index in [0.29, 0.717) is 6.04 Å². The fourth-order valence-electron chi connectivity index (χ4n) is 1.58. The van der Waals surface area contributed by atoms with Gasteiger partial charge in [-0.1, -0.05) is 6.92 Å². The van der Waals surface area contributed by atoms with Gasteiger partial charge in [0.1, 0.15) is 0 Å². The van der Waals surface area contributed by atoms with E-state index in [2.05, 4.69) is 42.2 Å². The van der Waals surface area contributed by atoms with Crippen molar-refractivity contribution in [3.05, 3.63) is 24.0 Å². The molecule has 86 valence electrons. The number of nitrogens with one attached hydrogen (secondary N) is 1. The fraction of sp³-hybridized carbons (Fsp3) is 0.667. The Morgan fingerprint density at radius 1 is 1.47 bits per heavy atom.